The minimum Gasteiger partial charge on any atom is -0.437 e. The molecule has 1 heterocycles. The van der Waals surface area contributed by atoms with Gasteiger partial charge in [0.25, 0.3) is 0 Å². The normalized spacial score (nSPS) is 11.8. The quantitative estimate of drug-likeness (QED) is 0.370. The molecule has 3 aromatic rings. The first-order valence-electron chi connectivity index (χ1n) is 9.44. The highest BCUT2D eigenvalue weighted by molar-refractivity contribution is 5.64. The summed E-state index contributed by atoms with van der Waals surface area (Å²) in [5, 5.41) is 4.31. The predicted molar refractivity (Wildman–Crippen MR) is 111 cm³/mol. The van der Waals surface area contributed by atoms with E-state index in [1.807, 2.05) is 44.9 Å². The van der Waals surface area contributed by atoms with E-state index in [4.69, 9.17) is 4.74 Å². The van der Waals surface area contributed by atoms with Gasteiger partial charge >= 0.3 is 6.18 Å². The lowest BCUT2D eigenvalue weighted by Crippen LogP contribution is -2.14. The summed E-state index contributed by atoms with van der Waals surface area (Å²) in [6, 6.07) is 10.3. The van der Waals surface area contributed by atoms with Gasteiger partial charge in [-0.25, -0.2) is 9.67 Å². The number of aliphatic imine (C=N–C) groups is 1. The second-order valence-electron chi connectivity index (χ2n) is 6.97. The first kappa shape index (κ1) is 21.4. The molecule has 0 bridgehead atoms. The van der Waals surface area contributed by atoms with E-state index in [2.05, 4.69) is 10.1 Å². The Hall–Kier alpha value is -3.29. The molecule has 0 radical (unpaired) electrons. The van der Waals surface area contributed by atoms with Crippen LogP contribution in [0.4, 0.5) is 18.9 Å². The third-order valence-electron chi connectivity index (χ3n) is 4.62. The van der Waals surface area contributed by atoms with Crippen LogP contribution in [0, 0.1) is 13.8 Å². The molecule has 1 aromatic heterocycles. The van der Waals surface area contributed by atoms with Crippen molar-refractivity contribution in [2.24, 2.45) is 4.99 Å². The molecule has 0 aliphatic carbocycles. The average Bonchev–Trinajstić information content (AvgIpc) is 3.17. The Morgan fingerprint density at radius 3 is 2.43 bits per heavy atom. The molecule has 3 rings (SSSR count). The summed E-state index contributed by atoms with van der Waals surface area (Å²) in [5.74, 6) is 0.993. The number of alkyl halides is 3. The molecule has 0 N–H and O–H groups in total. The highest BCUT2D eigenvalue weighted by Gasteiger charge is 2.30. The summed E-state index contributed by atoms with van der Waals surface area (Å²) in [5.41, 5.74) is 2.52. The lowest BCUT2D eigenvalue weighted by atomic mass is 10.1. The molecule has 8 heteroatoms. The van der Waals surface area contributed by atoms with Crippen LogP contribution < -0.4 is 4.74 Å². The molecule has 0 spiro atoms. The Morgan fingerprint density at radius 2 is 1.80 bits per heavy atom. The zero-order valence-corrected chi connectivity index (χ0v) is 17.2. The topological polar surface area (TPSA) is 42.6 Å². The zero-order valence-electron chi connectivity index (χ0n) is 17.2. The Labute approximate surface area is 173 Å². The third-order valence-corrected chi connectivity index (χ3v) is 4.62. The maximum absolute atomic E-state index is 12.7. The Kier molecular flexibility index (Phi) is 6.14. The molecular weight excluding hydrogens is 393 g/mol. The number of aromatic nitrogens is 2. The van der Waals surface area contributed by atoms with Gasteiger partial charge in [0.1, 0.15) is 5.75 Å². The molecule has 0 aliphatic heterocycles. The molecule has 30 heavy (non-hydrogen) atoms. The van der Waals surface area contributed by atoms with Crippen LogP contribution in [-0.2, 0) is 6.18 Å². The second-order valence-corrected chi connectivity index (χ2v) is 6.97. The van der Waals surface area contributed by atoms with E-state index in [0.29, 0.717) is 17.3 Å². The zero-order chi connectivity index (χ0) is 21.9. The maximum atomic E-state index is 12.7. The molecule has 2 aromatic carbocycles. The summed E-state index contributed by atoms with van der Waals surface area (Å²) < 4.78 is 45.5. The molecule has 5 nitrogen and oxygen atoms in total. The molecular formula is C22H23F3N4O. The fourth-order valence-electron chi connectivity index (χ4n) is 2.69. The molecule has 0 aliphatic rings. The van der Waals surface area contributed by atoms with Crippen molar-refractivity contribution in [1.29, 1.82) is 0 Å². The van der Waals surface area contributed by atoms with Crippen molar-refractivity contribution in [3.63, 3.8) is 0 Å². The first-order chi connectivity index (χ1) is 14.2. The van der Waals surface area contributed by atoms with Gasteiger partial charge in [-0.15, -0.1) is 5.10 Å². The SMILES string of the molecule is CCN(C)/C=N/c1cc(C)c(Oc2ccn(-c3ccc(C(F)(F)F)cc3)n2)cc1C. The molecule has 0 unspecified atom stereocenters. The van der Waals surface area contributed by atoms with E-state index in [9.17, 15) is 13.2 Å². The van der Waals surface area contributed by atoms with E-state index in [0.717, 1.165) is 35.5 Å². The number of hydrogen-bond donors (Lipinski definition) is 0. The number of aryl methyl sites for hydroxylation is 2. The van der Waals surface area contributed by atoms with Crippen molar-refractivity contribution in [2.45, 2.75) is 26.9 Å². The Balaban J connectivity index is 1.77. The largest absolute Gasteiger partial charge is 0.437 e. The fourth-order valence-corrected chi connectivity index (χ4v) is 2.69. The summed E-state index contributed by atoms with van der Waals surface area (Å²) in [4.78, 5) is 6.48. The minimum atomic E-state index is -4.37. The van der Waals surface area contributed by atoms with Crippen LogP contribution in [-0.4, -0.2) is 34.6 Å². The van der Waals surface area contributed by atoms with Crippen molar-refractivity contribution < 1.29 is 17.9 Å². The summed E-state index contributed by atoms with van der Waals surface area (Å²) in [7, 11) is 1.95. The van der Waals surface area contributed by atoms with Gasteiger partial charge in [0.2, 0.25) is 5.88 Å². The Bertz CT molecular complexity index is 1040. The van der Waals surface area contributed by atoms with Crippen LogP contribution in [0.5, 0.6) is 11.6 Å². The molecule has 0 saturated carbocycles. The van der Waals surface area contributed by atoms with Crippen molar-refractivity contribution in [1.82, 2.24) is 14.7 Å². The molecule has 0 amide bonds. The van der Waals surface area contributed by atoms with Gasteiger partial charge in [-0.05, 0) is 68.3 Å². The Morgan fingerprint density at radius 1 is 1.10 bits per heavy atom. The highest BCUT2D eigenvalue weighted by Crippen LogP contribution is 2.32. The van der Waals surface area contributed by atoms with Crippen molar-refractivity contribution >= 4 is 12.0 Å². The van der Waals surface area contributed by atoms with E-state index >= 15 is 0 Å². The van der Waals surface area contributed by atoms with Crippen LogP contribution in [0.3, 0.4) is 0 Å². The summed E-state index contributed by atoms with van der Waals surface area (Å²) >= 11 is 0. The maximum Gasteiger partial charge on any atom is 0.416 e. The summed E-state index contributed by atoms with van der Waals surface area (Å²) in [6.45, 7) is 6.78. The number of rotatable bonds is 6. The standard InChI is InChI=1S/C22H23F3N4O/c1-5-28(4)14-26-19-12-16(3)20(13-15(19)2)30-21-10-11-29(27-21)18-8-6-17(7-9-18)22(23,24)25/h6-14H,5H2,1-4H3/b26-14+. The number of hydrogen-bond acceptors (Lipinski definition) is 3. The third kappa shape index (κ3) is 5.00. The van der Waals surface area contributed by atoms with Gasteiger partial charge in [-0.3, -0.25) is 0 Å². The lowest BCUT2D eigenvalue weighted by Gasteiger charge is -2.11. The van der Waals surface area contributed by atoms with E-state index in [1.54, 1.807) is 18.6 Å². The van der Waals surface area contributed by atoms with Gasteiger partial charge in [-0.1, -0.05) is 0 Å². The van der Waals surface area contributed by atoms with Crippen LogP contribution in [0.15, 0.2) is 53.7 Å². The second kappa shape index (κ2) is 8.61. The van der Waals surface area contributed by atoms with E-state index in [1.165, 1.54) is 16.8 Å². The molecule has 0 saturated heterocycles. The average molecular weight is 416 g/mol. The predicted octanol–water partition coefficient (Wildman–Crippen LogP) is 5.91. The van der Waals surface area contributed by atoms with Crippen LogP contribution in [0.1, 0.15) is 23.6 Å². The number of halogens is 3. The molecule has 158 valence electrons. The number of nitrogens with zero attached hydrogens (tertiary/aromatic N) is 4. The van der Waals surface area contributed by atoms with Gasteiger partial charge in [-0.2, -0.15) is 13.2 Å². The van der Waals surface area contributed by atoms with Gasteiger partial charge in [0.05, 0.1) is 23.3 Å². The smallest absolute Gasteiger partial charge is 0.416 e. The van der Waals surface area contributed by atoms with Gasteiger partial charge < -0.3 is 9.64 Å². The van der Waals surface area contributed by atoms with Gasteiger partial charge in [0.15, 0.2) is 0 Å². The molecule has 0 atom stereocenters. The van der Waals surface area contributed by atoms with E-state index in [-0.39, 0.29) is 0 Å². The van der Waals surface area contributed by atoms with E-state index < -0.39 is 11.7 Å². The van der Waals surface area contributed by atoms with Crippen molar-refractivity contribution in [3.05, 3.63) is 65.4 Å². The van der Waals surface area contributed by atoms with Crippen LogP contribution >= 0.6 is 0 Å². The number of ether oxygens (including phenoxy) is 1. The van der Waals surface area contributed by atoms with Crippen molar-refractivity contribution in [3.8, 4) is 17.3 Å². The van der Waals surface area contributed by atoms with Gasteiger partial charge in [0, 0.05) is 25.9 Å². The highest BCUT2D eigenvalue weighted by atomic mass is 19.4. The van der Waals surface area contributed by atoms with Crippen LogP contribution in [0.2, 0.25) is 0 Å². The summed E-state index contributed by atoms with van der Waals surface area (Å²) in [6.07, 6.45) is -0.943. The van der Waals surface area contributed by atoms with Crippen molar-refractivity contribution in [2.75, 3.05) is 13.6 Å². The number of benzene rings is 2. The fraction of sp³-hybridized carbons (Fsp3) is 0.273. The minimum absolute atomic E-state index is 0.347. The molecule has 0 fully saturated rings. The van der Waals surface area contributed by atoms with Crippen LogP contribution in [0.25, 0.3) is 5.69 Å². The lowest BCUT2D eigenvalue weighted by molar-refractivity contribution is -0.137. The monoisotopic (exact) mass is 416 g/mol. The first-order valence-corrected chi connectivity index (χ1v) is 9.44.